The molecule has 0 saturated heterocycles. The first kappa shape index (κ1) is 31.6. The number of carboxylic acids is 1. The monoisotopic (exact) mass is 489 g/mol. The molecule has 1 aliphatic heterocycles. The first-order chi connectivity index (χ1) is 17.0. The Labute approximate surface area is 216 Å². The highest BCUT2D eigenvalue weighted by Gasteiger charge is 2.38. The number of unbranched alkanes of at least 4 members (excludes halogenated alkanes) is 17. The molecular weight excluding hydrogens is 434 g/mol. The summed E-state index contributed by atoms with van der Waals surface area (Å²) in [7, 11) is 0. The van der Waals surface area contributed by atoms with Crippen LogP contribution < -0.4 is 10.8 Å². The summed E-state index contributed by atoms with van der Waals surface area (Å²) in [5.74, 6) is -0.242. The lowest BCUT2D eigenvalue weighted by molar-refractivity contribution is -0.808. The summed E-state index contributed by atoms with van der Waals surface area (Å²) in [6.45, 7) is 3.97. The zero-order valence-corrected chi connectivity index (χ0v) is 23.0. The van der Waals surface area contributed by atoms with E-state index in [4.69, 9.17) is 5.73 Å². The predicted octanol–water partition coefficient (Wildman–Crippen LogP) is 7.12. The van der Waals surface area contributed by atoms with E-state index in [1.807, 2.05) is 6.92 Å². The Balaban J connectivity index is 1.91. The Kier molecular flexibility index (Phi) is 18.7. The number of aliphatic imine (C=N–C) groups is 1. The van der Waals surface area contributed by atoms with Crippen molar-refractivity contribution in [2.45, 2.75) is 148 Å². The van der Waals surface area contributed by atoms with Crippen molar-refractivity contribution in [2.75, 3.05) is 6.54 Å². The summed E-state index contributed by atoms with van der Waals surface area (Å²) in [5, 5.41) is 11.2. The zero-order valence-electron chi connectivity index (χ0n) is 23.0. The number of amidine groups is 1. The van der Waals surface area contributed by atoms with E-state index >= 15 is 0 Å². The summed E-state index contributed by atoms with van der Waals surface area (Å²) < 4.78 is 0.101. The van der Waals surface area contributed by atoms with Crippen molar-refractivity contribution in [2.24, 2.45) is 10.7 Å². The molecule has 2 unspecified atom stereocenters. The van der Waals surface area contributed by atoms with Crippen molar-refractivity contribution in [1.29, 1.82) is 0 Å². The van der Waals surface area contributed by atoms with Gasteiger partial charge in [0.1, 0.15) is 18.9 Å². The predicted molar refractivity (Wildman–Crippen MR) is 148 cm³/mol. The minimum atomic E-state index is -1.09. The highest BCUT2D eigenvalue weighted by molar-refractivity contribution is 5.81. The van der Waals surface area contributed by atoms with Gasteiger partial charge >= 0.3 is 0 Å². The highest BCUT2D eigenvalue weighted by Crippen LogP contribution is 2.23. The molecule has 2 atom stereocenters. The van der Waals surface area contributed by atoms with Crippen LogP contribution in [0.1, 0.15) is 142 Å². The summed E-state index contributed by atoms with van der Waals surface area (Å²) in [4.78, 5) is 15.6. The number of rotatable bonds is 24. The molecule has 202 valence electrons. The largest absolute Gasteiger partial charge is 0.544 e. The number of hydrogen-bond acceptors (Lipinski definition) is 4. The van der Waals surface area contributed by atoms with Crippen molar-refractivity contribution in [3.8, 4) is 0 Å². The van der Waals surface area contributed by atoms with Gasteiger partial charge in [-0.05, 0) is 32.1 Å². The maximum absolute atomic E-state index is 11.2. The van der Waals surface area contributed by atoms with Gasteiger partial charge in [0.05, 0.1) is 12.2 Å². The molecule has 0 amide bonds. The number of allylic oxidation sites excluding steroid dienone is 2. The quantitative estimate of drug-likeness (QED) is 0.0890. The van der Waals surface area contributed by atoms with Crippen LogP contribution >= 0.6 is 0 Å². The van der Waals surface area contributed by atoms with E-state index in [1.165, 1.54) is 103 Å². The Bertz CT molecular complexity index is 627. The molecule has 0 spiro atoms. The van der Waals surface area contributed by atoms with E-state index in [-0.39, 0.29) is 17.2 Å². The fraction of sp³-hybridized carbons (Fsp3) is 0.800. The van der Waals surface area contributed by atoms with Gasteiger partial charge < -0.3 is 9.90 Å². The summed E-state index contributed by atoms with van der Waals surface area (Å²) in [6, 6.07) is 0. The van der Waals surface area contributed by atoms with Crippen LogP contribution in [-0.4, -0.2) is 29.0 Å². The average molecular weight is 490 g/mol. The molecule has 1 heterocycles. The number of carbonyl (C=O) groups excluding carboxylic acids is 1. The van der Waals surface area contributed by atoms with E-state index in [0.29, 0.717) is 0 Å². The molecule has 0 saturated carbocycles. The zero-order chi connectivity index (χ0) is 25.6. The summed E-state index contributed by atoms with van der Waals surface area (Å²) >= 11 is 0. The lowest BCUT2D eigenvalue weighted by atomic mass is 10.0. The molecule has 2 N–H and O–H groups in total. The Morgan fingerprint density at radius 2 is 1.31 bits per heavy atom. The minimum Gasteiger partial charge on any atom is -0.544 e. The second-order valence-corrected chi connectivity index (χ2v) is 10.5. The van der Waals surface area contributed by atoms with Crippen molar-refractivity contribution in [3.05, 3.63) is 24.6 Å². The van der Waals surface area contributed by atoms with Gasteiger partial charge in [-0.1, -0.05) is 109 Å². The molecule has 5 heteroatoms. The van der Waals surface area contributed by atoms with Crippen molar-refractivity contribution in [1.82, 2.24) is 0 Å². The van der Waals surface area contributed by atoms with Gasteiger partial charge in [0.25, 0.3) is 0 Å². The van der Waals surface area contributed by atoms with Gasteiger partial charge in [-0.15, -0.1) is 0 Å². The number of nitrogens with two attached hydrogens (primary N) is 1. The molecular formula is C30H55N3O2. The molecule has 0 aliphatic carbocycles. The molecule has 1 aliphatic rings. The molecule has 1 rings (SSSR count). The van der Waals surface area contributed by atoms with E-state index in [1.54, 1.807) is 12.4 Å². The van der Waals surface area contributed by atoms with Crippen LogP contribution in [0.25, 0.3) is 0 Å². The summed E-state index contributed by atoms with van der Waals surface area (Å²) in [6.07, 6.45) is 33.9. The molecule has 0 aromatic heterocycles. The number of nitrogens with zero attached hydrogens (tertiary/aromatic N) is 2. The number of carboxylic acid groups (broad SMARTS) is 1. The van der Waals surface area contributed by atoms with Crippen molar-refractivity contribution < 1.29 is 14.4 Å². The maximum atomic E-state index is 11.2. The first-order valence-corrected chi connectivity index (χ1v) is 14.8. The van der Waals surface area contributed by atoms with Gasteiger partial charge in [0.15, 0.2) is 0 Å². The third-order valence-corrected chi connectivity index (χ3v) is 7.32. The molecule has 35 heavy (non-hydrogen) atoms. The number of carbonyl (C=O) groups is 1. The van der Waals surface area contributed by atoms with Crippen LogP contribution in [0.15, 0.2) is 29.5 Å². The fourth-order valence-electron chi connectivity index (χ4n) is 4.99. The molecule has 0 fully saturated rings. The van der Waals surface area contributed by atoms with Crippen LogP contribution in [0.5, 0.6) is 0 Å². The van der Waals surface area contributed by atoms with Gasteiger partial charge in [-0.25, -0.2) is 9.48 Å². The van der Waals surface area contributed by atoms with Gasteiger partial charge in [-0.2, -0.15) is 0 Å². The average Bonchev–Trinajstić information content (AvgIpc) is 3.23. The third-order valence-electron chi connectivity index (χ3n) is 7.32. The van der Waals surface area contributed by atoms with Gasteiger partial charge in [-0.3, -0.25) is 5.73 Å². The standard InChI is InChI=1S/C30H55N3O2/c1-3-4-5-6-7-8-9-10-11-12-13-14-15-16-17-18-19-20-21-22-23-24-29-32-25-26-33(29,28(2)31)27-30(34)35/h17-18,25-26,28H,3-16,19-24,27,31H2,1-2H3/b18-17+. The topological polar surface area (TPSA) is 78.5 Å². The summed E-state index contributed by atoms with van der Waals surface area (Å²) in [5.41, 5.74) is 6.09. The highest BCUT2D eigenvalue weighted by atomic mass is 16.4. The molecule has 0 aromatic carbocycles. The number of hydrogen-bond donors (Lipinski definition) is 1. The van der Waals surface area contributed by atoms with Gasteiger partial charge in [0, 0.05) is 13.3 Å². The SMILES string of the molecule is CCCCCCCCCCCCCCC/C=C/CCCCCCC1=NC=C[N+]1(CC(=O)[O-])C(C)N. The van der Waals surface area contributed by atoms with Crippen LogP contribution in [0.2, 0.25) is 0 Å². The second-order valence-electron chi connectivity index (χ2n) is 10.5. The van der Waals surface area contributed by atoms with E-state index in [9.17, 15) is 9.90 Å². The molecule has 5 nitrogen and oxygen atoms in total. The van der Waals surface area contributed by atoms with E-state index in [2.05, 4.69) is 24.1 Å². The number of aliphatic carboxylic acids is 1. The lowest BCUT2D eigenvalue weighted by Gasteiger charge is -2.36. The Morgan fingerprint density at radius 1 is 0.857 bits per heavy atom. The van der Waals surface area contributed by atoms with Crippen molar-refractivity contribution in [3.63, 3.8) is 0 Å². The van der Waals surface area contributed by atoms with E-state index in [0.717, 1.165) is 31.5 Å². The minimum absolute atomic E-state index is 0.101. The second kappa shape index (κ2) is 20.7. The third kappa shape index (κ3) is 14.6. The lowest BCUT2D eigenvalue weighted by Crippen LogP contribution is -2.60. The number of quaternary nitrogens is 1. The fourth-order valence-corrected chi connectivity index (χ4v) is 4.99. The molecule has 0 radical (unpaired) electrons. The van der Waals surface area contributed by atoms with Crippen molar-refractivity contribution >= 4 is 11.8 Å². The van der Waals surface area contributed by atoms with Crippen LogP contribution in [-0.2, 0) is 4.79 Å². The maximum Gasteiger partial charge on any atom is 0.209 e. The van der Waals surface area contributed by atoms with Crippen LogP contribution in [0.3, 0.4) is 0 Å². The van der Waals surface area contributed by atoms with Crippen LogP contribution in [0.4, 0.5) is 0 Å². The molecule has 0 aromatic rings. The first-order valence-electron chi connectivity index (χ1n) is 14.8. The smallest absolute Gasteiger partial charge is 0.209 e. The van der Waals surface area contributed by atoms with E-state index < -0.39 is 5.97 Å². The normalized spacial score (nSPS) is 18.4. The Hall–Kier alpha value is -1.46. The molecule has 0 bridgehead atoms. The Morgan fingerprint density at radius 3 is 1.77 bits per heavy atom. The van der Waals surface area contributed by atoms with Gasteiger partial charge in [0.2, 0.25) is 5.84 Å². The van der Waals surface area contributed by atoms with Crippen LogP contribution in [0, 0.1) is 0 Å².